The lowest BCUT2D eigenvalue weighted by Gasteiger charge is -2.16. The summed E-state index contributed by atoms with van der Waals surface area (Å²) in [5.74, 6) is 0. The van der Waals surface area contributed by atoms with Gasteiger partial charge in [-0.1, -0.05) is 18.2 Å². The highest BCUT2D eigenvalue weighted by molar-refractivity contribution is 7.98. The third kappa shape index (κ3) is 3.47. The second-order valence-corrected chi connectivity index (χ2v) is 7.71. The van der Waals surface area contributed by atoms with Crippen molar-refractivity contribution in [2.45, 2.75) is 43.4 Å². The van der Waals surface area contributed by atoms with Gasteiger partial charge in [0.05, 0.1) is 0 Å². The molecule has 2 aliphatic carbocycles. The number of benzene rings is 2. The molecule has 134 valence electrons. The molecule has 26 heavy (non-hydrogen) atoms. The molecule has 0 saturated carbocycles. The highest BCUT2D eigenvalue weighted by Gasteiger charge is 2.24. The van der Waals surface area contributed by atoms with Gasteiger partial charge in [0.25, 0.3) is 0 Å². The topological polar surface area (TPSA) is 81.6 Å². The standard InChI is InChI=1S/C19H21BN2O3S/c23-19(22-26-15-9-7-14(8-10-15)20(24)25)21-18-16-5-1-3-12(16)11-13-4-2-6-17(13)18/h7-11,24-25H,1-6H2,(H2,21,22,23). The molecule has 0 fully saturated rings. The number of rotatable bonds is 4. The predicted octanol–water partition coefficient (Wildman–Crippen LogP) is 2.17. The molecular weight excluding hydrogens is 347 g/mol. The molecule has 0 heterocycles. The number of hydrogen-bond acceptors (Lipinski definition) is 4. The van der Waals surface area contributed by atoms with Crippen LogP contribution < -0.4 is 15.5 Å². The first-order valence-corrected chi connectivity index (χ1v) is 9.80. The van der Waals surface area contributed by atoms with E-state index in [0.29, 0.717) is 5.46 Å². The Bertz CT molecular complexity index is 807. The third-order valence-electron chi connectivity index (χ3n) is 5.15. The number of nitrogens with one attached hydrogen (secondary N) is 2. The predicted molar refractivity (Wildman–Crippen MR) is 105 cm³/mol. The van der Waals surface area contributed by atoms with Gasteiger partial charge in [0, 0.05) is 10.6 Å². The largest absolute Gasteiger partial charge is 0.488 e. The maximum absolute atomic E-state index is 12.4. The zero-order valence-corrected chi connectivity index (χ0v) is 15.2. The van der Waals surface area contributed by atoms with Gasteiger partial charge in [-0.2, -0.15) is 0 Å². The van der Waals surface area contributed by atoms with Crippen molar-refractivity contribution >= 4 is 36.2 Å². The monoisotopic (exact) mass is 368 g/mol. The first kappa shape index (κ1) is 17.5. The maximum atomic E-state index is 12.4. The number of amides is 2. The Morgan fingerprint density at radius 1 is 0.962 bits per heavy atom. The number of anilines is 1. The van der Waals surface area contributed by atoms with E-state index in [1.54, 1.807) is 24.3 Å². The summed E-state index contributed by atoms with van der Waals surface area (Å²) in [6.45, 7) is 0. The second kappa shape index (κ2) is 7.35. The van der Waals surface area contributed by atoms with Gasteiger partial charge in [0.1, 0.15) is 0 Å². The van der Waals surface area contributed by atoms with Crippen molar-refractivity contribution in [3.63, 3.8) is 0 Å². The normalized spacial score (nSPS) is 14.7. The van der Waals surface area contributed by atoms with Crippen molar-refractivity contribution in [3.05, 3.63) is 52.6 Å². The van der Waals surface area contributed by atoms with Crippen LogP contribution in [0.4, 0.5) is 10.5 Å². The fourth-order valence-electron chi connectivity index (χ4n) is 3.92. The molecule has 2 aliphatic rings. The van der Waals surface area contributed by atoms with E-state index in [1.165, 1.54) is 34.2 Å². The lowest BCUT2D eigenvalue weighted by Crippen LogP contribution is -2.29. The first-order chi connectivity index (χ1) is 12.6. The molecule has 0 spiro atoms. The average Bonchev–Trinajstić information content (AvgIpc) is 3.29. The Morgan fingerprint density at radius 2 is 1.58 bits per heavy atom. The molecule has 0 unspecified atom stereocenters. The molecule has 0 aliphatic heterocycles. The van der Waals surface area contributed by atoms with Gasteiger partial charge in [-0.15, -0.1) is 0 Å². The lowest BCUT2D eigenvalue weighted by atomic mass is 9.81. The Morgan fingerprint density at radius 3 is 2.15 bits per heavy atom. The average molecular weight is 368 g/mol. The number of carbonyl (C=O) groups excluding carboxylic acids is 1. The fraction of sp³-hybridized carbons (Fsp3) is 0.316. The van der Waals surface area contributed by atoms with Crippen LogP contribution in [0.1, 0.15) is 35.1 Å². The molecule has 2 amide bonds. The summed E-state index contributed by atoms with van der Waals surface area (Å²) in [5.41, 5.74) is 6.87. The summed E-state index contributed by atoms with van der Waals surface area (Å²) < 4.78 is 2.82. The molecular formula is C19H21BN2O3S. The van der Waals surface area contributed by atoms with E-state index in [2.05, 4.69) is 16.1 Å². The van der Waals surface area contributed by atoms with Crippen LogP contribution in [0.5, 0.6) is 0 Å². The van der Waals surface area contributed by atoms with E-state index in [1.807, 2.05) is 0 Å². The van der Waals surface area contributed by atoms with Gasteiger partial charge in [0.2, 0.25) is 0 Å². The van der Waals surface area contributed by atoms with Gasteiger partial charge >= 0.3 is 13.1 Å². The second-order valence-electron chi connectivity index (χ2n) is 6.83. The van der Waals surface area contributed by atoms with Gasteiger partial charge < -0.3 is 15.4 Å². The van der Waals surface area contributed by atoms with Gasteiger partial charge in [-0.25, -0.2) is 4.79 Å². The number of urea groups is 1. The summed E-state index contributed by atoms with van der Waals surface area (Å²) in [4.78, 5) is 13.3. The molecule has 4 N–H and O–H groups in total. The Balaban J connectivity index is 1.44. The zero-order valence-electron chi connectivity index (χ0n) is 14.4. The van der Waals surface area contributed by atoms with E-state index in [0.717, 1.165) is 49.1 Å². The minimum atomic E-state index is -1.48. The molecule has 4 rings (SSSR count). The van der Waals surface area contributed by atoms with Crippen molar-refractivity contribution < 1.29 is 14.8 Å². The molecule has 0 saturated heterocycles. The molecule has 0 atom stereocenters. The quantitative estimate of drug-likeness (QED) is 0.493. The summed E-state index contributed by atoms with van der Waals surface area (Å²) in [6.07, 6.45) is 6.61. The highest BCUT2D eigenvalue weighted by Crippen LogP contribution is 2.38. The molecule has 0 bridgehead atoms. The molecule has 2 aromatic rings. The first-order valence-electron chi connectivity index (χ1n) is 8.98. The van der Waals surface area contributed by atoms with Crippen LogP contribution in [-0.4, -0.2) is 23.2 Å². The SMILES string of the molecule is O=C(NSc1ccc(B(O)O)cc1)Nc1c2c(cc3c1CCC3)CCC2. The van der Waals surface area contributed by atoms with Crippen LogP contribution in [-0.2, 0) is 25.7 Å². The van der Waals surface area contributed by atoms with Crippen LogP contribution >= 0.6 is 11.9 Å². The van der Waals surface area contributed by atoms with Gasteiger partial charge in [-0.3, -0.25) is 4.72 Å². The Labute approximate surface area is 157 Å². The van der Waals surface area contributed by atoms with Crippen molar-refractivity contribution in [3.8, 4) is 0 Å². The van der Waals surface area contributed by atoms with Crippen LogP contribution in [0.25, 0.3) is 0 Å². The van der Waals surface area contributed by atoms with E-state index < -0.39 is 7.12 Å². The van der Waals surface area contributed by atoms with Crippen molar-refractivity contribution in [1.29, 1.82) is 0 Å². The fourth-order valence-corrected chi connectivity index (χ4v) is 4.45. The molecule has 0 aromatic heterocycles. The molecule has 7 heteroatoms. The van der Waals surface area contributed by atoms with E-state index in [-0.39, 0.29) is 6.03 Å². The number of hydrogen-bond donors (Lipinski definition) is 4. The molecule has 2 aromatic carbocycles. The van der Waals surface area contributed by atoms with E-state index in [4.69, 9.17) is 10.0 Å². The Hall–Kier alpha value is -1.96. The summed E-state index contributed by atoms with van der Waals surface area (Å²) in [7, 11) is -1.48. The maximum Gasteiger partial charge on any atom is 0.488 e. The van der Waals surface area contributed by atoms with Crippen molar-refractivity contribution in [2.24, 2.45) is 0 Å². The smallest absolute Gasteiger partial charge is 0.423 e. The third-order valence-corrected chi connectivity index (χ3v) is 5.95. The molecule has 5 nitrogen and oxygen atoms in total. The zero-order chi connectivity index (χ0) is 18.1. The minimum Gasteiger partial charge on any atom is -0.423 e. The summed E-state index contributed by atoms with van der Waals surface area (Å²) in [5, 5.41) is 21.3. The van der Waals surface area contributed by atoms with Crippen molar-refractivity contribution in [2.75, 3.05) is 5.32 Å². The van der Waals surface area contributed by atoms with Crippen LogP contribution in [0, 0.1) is 0 Å². The number of aryl methyl sites for hydroxylation is 2. The summed E-state index contributed by atoms with van der Waals surface area (Å²) >= 11 is 1.21. The van der Waals surface area contributed by atoms with Gasteiger partial charge in [-0.05, 0) is 90.3 Å². The van der Waals surface area contributed by atoms with Gasteiger partial charge in [0.15, 0.2) is 0 Å². The van der Waals surface area contributed by atoms with E-state index >= 15 is 0 Å². The van der Waals surface area contributed by atoms with Crippen LogP contribution in [0.15, 0.2) is 35.2 Å². The number of fused-ring (bicyclic) bond motifs is 2. The summed E-state index contributed by atoms with van der Waals surface area (Å²) in [6, 6.07) is 8.87. The van der Waals surface area contributed by atoms with Crippen LogP contribution in [0.2, 0.25) is 0 Å². The lowest BCUT2D eigenvalue weighted by molar-refractivity contribution is 0.257. The molecule has 0 radical (unpaired) electrons. The van der Waals surface area contributed by atoms with E-state index in [9.17, 15) is 4.79 Å². The van der Waals surface area contributed by atoms with Crippen molar-refractivity contribution in [1.82, 2.24) is 4.72 Å². The number of carbonyl (C=O) groups is 1. The van der Waals surface area contributed by atoms with Crippen LogP contribution in [0.3, 0.4) is 0 Å². The highest BCUT2D eigenvalue weighted by atomic mass is 32.2. The Kier molecular flexibility index (Phi) is 4.93. The minimum absolute atomic E-state index is 0.226.